The number of nitrogens with two attached hydrogens (primary N) is 1. The number of benzene rings is 1. The van der Waals surface area contributed by atoms with E-state index in [1.807, 2.05) is 0 Å². The molecule has 3 rings (SSSR count). The fourth-order valence-corrected chi connectivity index (χ4v) is 3.57. The van der Waals surface area contributed by atoms with E-state index in [0.29, 0.717) is 11.8 Å². The number of carbonyl (C=O) groups excluding carboxylic acids is 1. The quantitative estimate of drug-likeness (QED) is 0.883. The zero-order valence-electron chi connectivity index (χ0n) is 12.0. The molecule has 3 N–H and O–H groups in total. The molecule has 0 aromatic heterocycles. The van der Waals surface area contributed by atoms with Crippen LogP contribution in [-0.2, 0) is 11.2 Å². The molecule has 0 bridgehead atoms. The van der Waals surface area contributed by atoms with Crippen LogP contribution in [0, 0.1) is 11.8 Å². The Balaban J connectivity index is 1.45. The molecule has 0 radical (unpaired) electrons. The molecular weight excluding hydrogens is 248 g/mol. The Labute approximate surface area is 120 Å². The fourth-order valence-electron chi connectivity index (χ4n) is 3.57. The Morgan fingerprint density at radius 2 is 1.95 bits per heavy atom. The number of fused-ring (bicyclic) bond motifs is 1. The molecule has 0 saturated heterocycles. The molecule has 2 aliphatic carbocycles. The Kier molecular flexibility index (Phi) is 4.06. The predicted octanol–water partition coefficient (Wildman–Crippen LogP) is 2.21. The molecule has 2 aliphatic rings. The van der Waals surface area contributed by atoms with Crippen molar-refractivity contribution in [3.05, 3.63) is 35.4 Å². The van der Waals surface area contributed by atoms with E-state index in [2.05, 4.69) is 29.6 Å². The highest BCUT2D eigenvalue weighted by molar-refractivity contribution is 5.78. The van der Waals surface area contributed by atoms with Crippen LogP contribution in [0.25, 0.3) is 0 Å². The molecule has 1 atom stereocenters. The van der Waals surface area contributed by atoms with E-state index in [1.165, 1.54) is 11.1 Å². The van der Waals surface area contributed by atoms with Crippen LogP contribution >= 0.6 is 0 Å². The number of carbonyl (C=O) groups is 1. The van der Waals surface area contributed by atoms with Crippen molar-refractivity contribution >= 4 is 5.91 Å². The Hall–Kier alpha value is -1.35. The lowest BCUT2D eigenvalue weighted by Crippen LogP contribution is -2.38. The lowest BCUT2D eigenvalue weighted by Gasteiger charge is -2.31. The highest BCUT2D eigenvalue weighted by Gasteiger charge is 2.28. The largest absolute Gasteiger partial charge is 0.355 e. The number of amides is 1. The van der Waals surface area contributed by atoms with Crippen LogP contribution in [0.1, 0.15) is 42.7 Å². The third-order valence-corrected chi connectivity index (χ3v) is 5.03. The Morgan fingerprint density at radius 3 is 2.65 bits per heavy atom. The van der Waals surface area contributed by atoms with Crippen molar-refractivity contribution < 1.29 is 4.79 Å². The van der Waals surface area contributed by atoms with Crippen molar-refractivity contribution in [3.8, 4) is 0 Å². The number of nitrogens with one attached hydrogen (secondary N) is 1. The minimum absolute atomic E-state index is 0.216. The second kappa shape index (κ2) is 5.96. The minimum atomic E-state index is 0.216. The molecule has 3 nitrogen and oxygen atoms in total. The average molecular weight is 272 g/mol. The van der Waals surface area contributed by atoms with Crippen LogP contribution in [0.2, 0.25) is 0 Å². The van der Waals surface area contributed by atoms with E-state index in [9.17, 15) is 4.79 Å². The van der Waals surface area contributed by atoms with Crippen molar-refractivity contribution in [1.82, 2.24) is 5.32 Å². The van der Waals surface area contributed by atoms with Gasteiger partial charge in [0.05, 0.1) is 0 Å². The first-order valence-corrected chi connectivity index (χ1v) is 7.83. The van der Waals surface area contributed by atoms with Crippen LogP contribution in [0.4, 0.5) is 0 Å². The molecule has 3 heteroatoms. The Morgan fingerprint density at radius 1 is 1.20 bits per heavy atom. The molecule has 0 heterocycles. The maximum atomic E-state index is 12.2. The first-order valence-electron chi connectivity index (χ1n) is 7.83. The molecular formula is C17H24N2O. The second-order valence-electron chi connectivity index (χ2n) is 6.30. The lowest BCUT2D eigenvalue weighted by molar-refractivity contribution is -0.126. The summed E-state index contributed by atoms with van der Waals surface area (Å²) in [6.45, 7) is 1.57. The second-order valence-corrected chi connectivity index (χ2v) is 6.30. The van der Waals surface area contributed by atoms with Crippen molar-refractivity contribution in [3.63, 3.8) is 0 Å². The highest BCUT2D eigenvalue weighted by Crippen LogP contribution is 2.34. The van der Waals surface area contributed by atoms with Gasteiger partial charge in [0.25, 0.3) is 0 Å². The van der Waals surface area contributed by atoms with Gasteiger partial charge < -0.3 is 11.1 Å². The zero-order valence-corrected chi connectivity index (χ0v) is 12.0. The summed E-state index contributed by atoms with van der Waals surface area (Å²) in [5, 5.41) is 3.16. The summed E-state index contributed by atoms with van der Waals surface area (Å²) in [5.74, 6) is 1.63. The number of rotatable bonds is 4. The van der Waals surface area contributed by atoms with Gasteiger partial charge >= 0.3 is 0 Å². The van der Waals surface area contributed by atoms with Crippen molar-refractivity contribution in [1.29, 1.82) is 0 Å². The molecule has 1 unspecified atom stereocenters. The van der Waals surface area contributed by atoms with Crippen LogP contribution in [-0.4, -0.2) is 19.0 Å². The van der Waals surface area contributed by atoms with Crippen LogP contribution in [0.15, 0.2) is 24.3 Å². The summed E-state index contributed by atoms with van der Waals surface area (Å²) >= 11 is 0. The predicted molar refractivity (Wildman–Crippen MR) is 80.4 cm³/mol. The smallest absolute Gasteiger partial charge is 0.223 e. The molecule has 1 amide bonds. The molecule has 1 fully saturated rings. The van der Waals surface area contributed by atoms with Gasteiger partial charge in [0.1, 0.15) is 0 Å². The van der Waals surface area contributed by atoms with Gasteiger partial charge in [-0.1, -0.05) is 24.3 Å². The van der Waals surface area contributed by atoms with Gasteiger partial charge in [-0.05, 0) is 55.7 Å². The summed E-state index contributed by atoms with van der Waals surface area (Å²) in [6.07, 6.45) is 5.35. The van der Waals surface area contributed by atoms with E-state index < -0.39 is 0 Å². The fraction of sp³-hybridized carbons (Fsp3) is 0.588. The van der Waals surface area contributed by atoms with Gasteiger partial charge in [-0.25, -0.2) is 0 Å². The molecule has 20 heavy (non-hydrogen) atoms. The molecule has 0 spiro atoms. The van der Waals surface area contributed by atoms with Crippen LogP contribution < -0.4 is 11.1 Å². The first-order chi connectivity index (χ1) is 9.78. The summed E-state index contributed by atoms with van der Waals surface area (Å²) in [4.78, 5) is 12.2. The Bertz CT molecular complexity index is 478. The monoisotopic (exact) mass is 272 g/mol. The number of hydrogen-bond donors (Lipinski definition) is 2. The SMILES string of the molecule is NCC1CCC(C(=O)NCC2Cc3ccccc32)CC1. The van der Waals surface area contributed by atoms with Gasteiger partial charge in [0, 0.05) is 18.4 Å². The summed E-state index contributed by atoms with van der Waals surface area (Å²) in [6, 6.07) is 8.54. The van der Waals surface area contributed by atoms with E-state index in [1.54, 1.807) is 0 Å². The summed E-state index contributed by atoms with van der Waals surface area (Å²) in [7, 11) is 0. The normalized spacial score (nSPS) is 28.4. The lowest BCUT2D eigenvalue weighted by atomic mass is 9.77. The van der Waals surface area contributed by atoms with Gasteiger partial charge in [0.15, 0.2) is 0 Å². The van der Waals surface area contributed by atoms with Crippen LogP contribution in [0.5, 0.6) is 0 Å². The summed E-state index contributed by atoms with van der Waals surface area (Å²) < 4.78 is 0. The van der Waals surface area contributed by atoms with E-state index >= 15 is 0 Å². The maximum absolute atomic E-state index is 12.2. The molecule has 0 aliphatic heterocycles. The first kappa shape index (κ1) is 13.6. The van der Waals surface area contributed by atoms with E-state index in [-0.39, 0.29) is 11.8 Å². The van der Waals surface area contributed by atoms with Crippen molar-refractivity contribution in [2.24, 2.45) is 17.6 Å². The number of hydrogen-bond acceptors (Lipinski definition) is 2. The van der Waals surface area contributed by atoms with Gasteiger partial charge in [0.2, 0.25) is 5.91 Å². The zero-order chi connectivity index (χ0) is 13.9. The third-order valence-electron chi connectivity index (χ3n) is 5.03. The van der Waals surface area contributed by atoms with E-state index in [4.69, 9.17) is 5.73 Å². The molecule has 1 aromatic carbocycles. The average Bonchev–Trinajstić information content (AvgIpc) is 2.48. The summed E-state index contributed by atoms with van der Waals surface area (Å²) in [5.41, 5.74) is 8.55. The van der Waals surface area contributed by atoms with E-state index in [0.717, 1.165) is 45.2 Å². The van der Waals surface area contributed by atoms with Gasteiger partial charge in [-0.15, -0.1) is 0 Å². The third kappa shape index (κ3) is 2.73. The van der Waals surface area contributed by atoms with Crippen LogP contribution in [0.3, 0.4) is 0 Å². The molecule has 108 valence electrons. The molecule has 1 aromatic rings. The highest BCUT2D eigenvalue weighted by atomic mass is 16.1. The molecule has 1 saturated carbocycles. The minimum Gasteiger partial charge on any atom is -0.355 e. The van der Waals surface area contributed by atoms with Gasteiger partial charge in [-0.2, -0.15) is 0 Å². The topological polar surface area (TPSA) is 55.1 Å². The van der Waals surface area contributed by atoms with Crippen molar-refractivity contribution in [2.45, 2.75) is 38.0 Å². The van der Waals surface area contributed by atoms with Crippen molar-refractivity contribution in [2.75, 3.05) is 13.1 Å². The van der Waals surface area contributed by atoms with Gasteiger partial charge in [-0.3, -0.25) is 4.79 Å². The standard InChI is InChI=1S/C17H24N2O/c18-10-12-5-7-13(8-6-12)17(20)19-11-15-9-14-3-1-2-4-16(14)15/h1-4,12-13,15H,5-11,18H2,(H,19,20). The maximum Gasteiger partial charge on any atom is 0.223 e.